The zero-order valence-corrected chi connectivity index (χ0v) is 8.96. The summed E-state index contributed by atoms with van der Waals surface area (Å²) in [5, 5.41) is 3.23. The van der Waals surface area contributed by atoms with E-state index < -0.39 is 0 Å². The SMILES string of the molecule is C=CCN(CCC)C(=O)CNC1CC1. The summed E-state index contributed by atoms with van der Waals surface area (Å²) in [7, 11) is 0. The molecule has 0 heterocycles. The summed E-state index contributed by atoms with van der Waals surface area (Å²) in [6, 6.07) is 0.603. The quantitative estimate of drug-likeness (QED) is 0.620. The molecule has 0 aromatic heterocycles. The van der Waals surface area contributed by atoms with Crippen molar-refractivity contribution in [1.82, 2.24) is 10.2 Å². The third-order valence-electron chi connectivity index (χ3n) is 2.32. The molecule has 0 atom stereocenters. The minimum absolute atomic E-state index is 0.193. The van der Waals surface area contributed by atoms with Crippen LogP contribution in [0.25, 0.3) is 0 Å². The molecule has 1 N–H and O–H groups in total. The summed E-state index contributed by atoms with van der Waals surface area (Å²) in [5.74, 6) is 0.193. The number of carbonyl (C=O) groups is 1. The molecule has 1 fully saturated rings. The zero-order valence-electron chi connectivity index (χ0n) is 8.96. The van der Waals surface area contributed by atoms with Crippen LogP contribution in [0.3, 0.4) is 0 Å². The third-order valence-corrected chi connectivity index (χ3v) is 2.32. The molecule has 0 spiro atoms. The fraction of sp³-hybridized carbons (Fsp3) is 0.727. The average molecular weight is 196 g/mol. The van der Waals surface area contributed by atoms with Gasteiger partial charge in [-0.1, -0.05) is 13.0 Å². The van der Waals surface area contributed by atoms with Crippen LogP contribution >= 0.6 is 0 Å². The van der Waals surface area contributed by atoms with Crippen LogP contribution in [0.1, 0.15) is 26.2 Å². The third kappa shape index (κ3) is 3.92. The Bertz CT molecular complexity index is 199. The van der Waals surface area contributed by atoms with Gasteiger partial charge in [0.25, 0.3) is 0 Å². The van der Waals surface area contributed by atoms with Crippen LogP contribution in [0.2, 0.25) is 0 Å². The fourth-order valence-electron chi connectivity index (χ4n) is 1.37. The number of carbonyl (C=O) groups excluding carboxylic acids is 1. The molecule has 1 aliphatic rings. The molecule has 1 rings (SSSR count). The molecule has 0 radical (unpaired) electrons. The number of rotatable bonds is 7. The minimum Gasteiger partial charge on any atom is -0.338 e. The van der Waals surface area contributed by atoms with Gasteiger partial charge in [-0.25, -0.2) is 0 Å². The van der Waals surface area contributed by atoms with Gasteiger partial charge in [-0.15, -0.1) is 6.58 Å². The Morgan fingerprint density at radius 1 is 1.64 bits per heavy atom. The highest BCUT2D eigenvalue weighted by atomic mass is 16.2. The molecule has 0 saturated heterocycles. The van der Waals surface area contributed by atoms with Crippen molar-refractivity contribution in [1.29, 1.82) is 0 Å². The number of nitrogens with zero attached hydrogens (tertiary/aromatic N) is 1. The molecular formula is C11H20N2O. The van der Waals surface area contributed by atoms with Crippen LogP contribution in [0, 0.1) is 0 Å². The van der Waals surface area contributed by atoms with Gasteiger partial charge in [0.2, 0.25) is 5.91 Å². The molecule has 0 aromatic carbocycles. The number of hydrogen-bond acceptors (Lipinski definition) is 2. The Kier molecular flexibility index (Phi) is 4.66. The van der Waals surface area contributed by atoms with Crippen molar-refractivity contribution in [3.63, 3.8) is 0 Å². The number of amides is 1. The minimum atomic E-state index is 0.193. The predicted molar refractivity (Wildman–Crippen MR) is 58.1 cm³/mol. The highest BCUT2D eigenvalue weighted by Crippen LogP contribution is 2.18. The van der Waals surface area contributed by atoms with Crippen molar-refractivity contribution >= 4 is 5.91 Å². The maximum Gasteiger partial charge on any atom is 0.236 e. The monoisotopic (exact) mass is 196 g/mol. The Labute approximate surface area is 86.2 Å². The molecule has 1 amide bonds. The van der Waals surface area contributed by atoms with E-state index in [1.807, 2.05) is 4.90 Å². The van der Waals surface area contributed by atoms with Gasteiger partial charge in [0, 0.05) is 19.1 Å². The van der Waals surface area contributed by atoms with Crippen molar-refractivity contribution in [2.75, 3.05) is 19.6 Å². The van der Waals surface area contributed by atoms with Crippen LogP contribution < -0.4 is 5.32 Å². The molecule has 3 heteroatoms. The van der Waals surface area contributed by atoms with Crippen LogP contribution in [-0.2, 0) is 4.79 Å². The first-order valence-electron chi connectivity index (χ1n) is 5.40. The van der Waals surface area contributed by atoms with E-state index in [9.17, 15) is 4.79 Å². The van der Waals surface area contributed by atoms with E-state index in [1.54, 1.807) is 6.08 Å². The van der Waals surface area contributed by atoms with Gasteiger partial charge in [-0.2, -0.15) is 0 Å². The van der Waals surface area contributed by atoms with Crippen molar-refractivity contribution in [2.24, 2.45) is 0 Å². The topological polar surface area (TPSA) is 32.3 Å². The van der Waals surface area contributed by atoms with Crippen molar-refractivity contribution in [2.45, 2.75) is 32.2 Å². The second-order valence-corrected chi connectivity index (χ2v) is 3.78. The molecule has 0 unspecified atom stereocenters. The lowest BCUT2D eigenvalue weighted by Gasteiger charge is -2.20. The smallest absolute Gasteiger partial charge is 0.236 e. The van der Waals surface area contributed by atoms with E-state index in [0.29, 0.717) is 19.1 Å². The van der Waals surface area contributed by atoms with Crippen LogP contribution in [0.15, 0.2) is 12.7 Å². The highest BCUT2D eigenvalue weighted by molar-refractivity contribution is 5.78. The predicted octanol–water partition coefficient (Wildman–Crippen LogP) is 1.16. The standard InChI is InChI=1S/C11H20N2O/c1-3-7-13(8-4-2)11(14)9-12-10-5-6-10/h3,10,12H,1,4-9H2,2H3. The number of nitrogens with one attached hydrogen (secondary N) is 1. The van der Waals surface area contributed by atoms with E-state index in [4.69, 9.17) is 0 Å². The van der Waals surface area contributed by atoms with Crippen molar-refractivity contribution in [3.05, 3.63) is 12.7 Å². The zero-order chi connectivity index (χ0) is 10.4. The number of hydrogen-bond donors (Lipinski definition) is 1. The summed E-state index contributed by atoms with van der Waals surface area (Å²) in [6.07, 6.45) is 5.23. The molecule has 1 aliphatic carbocycles. The first kappa shape index (κ1) is 11.2. The molecule has 3 nitrogen and oxygen atoms in total. The largest absolute Gasteiger partial charge is 0.338 e. The lowest BCUT2D eigenvalue weighted by Crippen LogP contribution is -2.39. The molecule has 0 aromatic rings. The Morgan fingerprint density at radius 2 is 2.36 bits per heavy atom. The van der Waals surface area contributed by atoms with Gasteiger partial charge in [0.05, 0.1) is 6.54 Å². The van der Waals surface area contributed by atoms with Gasteiger partial charge >= 0.3 is 0 Å². The van der Waals surface area contributed by atoms with Gasteiger partial charge < -0.3 is 10.2 Å². The maximum absolute atomic E-state index is 11.7. The summed E-state index contributed by atoms with van der Waals surface area (Å²) < 4.78 is 0. The average Bonchev–Trinajstić information content (AvgIpc) is 2.97. The van der Waals surface area contributed by atoms with Gasteiger partial charge in [0.15, 0.2) is 0 Å². The van der Waals surface area contributed by atoms with Gasteiger partial charge in [-0.3, -0.25) is 4.79 Å². The molecule has 0 bridgehead atoms. The maximum atomic E-state index is 11.7. The first-order valence-corrected chi connectivity index (χ1v) is 5.40. The molecule has 80 valence electrons. The summed E-state index contributed by atoms with van der Waals surface area (Å²) >= 11 is 0. The van der Waals surface area contributed by atoms with E-state index in [2.05, 4.69) is 18.8 Å². The van der Waals surface area contributed by atoms with E-state index in [0.717, 1.165) is 13.0 Å². The lowest BCUT2D eigenvalue weighted by atomic mass is 10.3. The van der Waals surface area contributed by atoms with E-state index in [1.165, 1.54) is 12.8 Å². The van der Waals surface area contributed by atoms with Crippen LogP contribution in [-0.4, -0.2) is 36.5 Å². The van der Waals surface area contributed by atoms with Crippen molar-refractivity contribution in [3.8, 4) is 0 Å². The van der Waals surface area contributed by atoms with Gasteiger partial charge in [-0.05, 0) is 19.3 Å². The van der Waals surface area contributed by atoms with Gasteiger partial charge in [0.1, 0.15) is 0 Å². The summed E-state index contributed by atoms with van der Waals surface area (Å²) in [6.45, 7) is 7.72. The van der Waals surface area contributed by atoms with Crippen LogP contribution in [0.5, 0.6) is 0 Å². The second-order valence-electron chi connectivity index (χ2n) is 3.78. The fourth-order valence-corrected chi connectivity index (χ4v) is 1.37. The normalized spacial score (nSPS) is 15.2. The summed E-state index contributed by atoms with van der Waals surface area (Å²) in [5.41, 5.74) is 0. The lowest BCUT2D eigenvalue weighted by molar-refractivity contribution is -0.129. The Morgan fingerprint density at radius 3 is 2.86 bits per heavy atom. The Balaban J connectivity index is 2.23. The Hall–Kier alpha value is -0.830. The molecule has 0 aliphatic heterocycles. The van der Waals surface area contributed by atoms with E-state index >= 15 is 0 Å². The van der Waals surface area contributed by atoms with E-state index in [-0.39, 0.29) is 5.91 Å². The first-order chi connectivity index (χ1) is 6.77. The van der Waals surface area contributed by atoms with Crippen LogP contribution in [0.4, 0.5) is 0 Å². The molecule has 1 saturated carbocycles. The van der Waals surface area contributed by atoms with Crippen molar-refractivity contribution < 1.29 is 4.79 Å². The summed E-state index contributed by atoms with van der Waals surface area (Å²) in [4.78, 5) is 13.5. The molecule has 14 heavy (non-hydrogen) atoms. The molecular weight excluding hydrogens is 176 g/mol. The highest BCUT2D eigenvalue weighted by Gasteiger charge is 2.22. The second kappa shape index (κ2) is 5.81.